The van der Waals surface area contributed by atoms with Crippen LogP contribution in [0.25, 0.3) is 44.7 Å². The van der Waals surface area contributed by atoms with Gasteiger partial charge in [-0.25, -0.2) is 19.9 Å². The second kappa shape index (κ2) is 10.6. The van der Waals surface area contributed by atoms with Gasteiger partial charge >= 0.3 is 0 Å². The van der Waals surface area contributed by atoms with E-state index in [2.05, 4.69) is 66.8 Å². The third kappa shape index (κ3) is 4.78. The molecule has 3 aromatic carbocycles. The first-order valence-corrected chi connectivity index (χ1v) is 13.7. The van der Waals surface area contributed by atoms with Gasteiger partial charge in [-0.15, -0.1) is 0 Å². The van der Waals surface area contributed by atoms with Crippen molar-refractivity contribution in [2.24, 2.45) is 4.99 Å². The minimum absolute atomic E-state index is 0.0671. The third-order valence-corrected chi connectivity index (χ3v) is 7.31. The Hall–Kier alpha value is -5.03. The van der Waals surface area contributed by atoms with Crippen molar-refractivity contribution in [1.82, 2.24) is 19.9 Å². The van der Waals surface area contributed by atoms with E-state index < -0.39 is 0 Å². The van der Waals surface area contributed by atoms with Crippen LogP contribution in [-0.2, 0) is 0 Å². The van der Waals surface area contributed by atoms with Crippen LogP contribution in [-0.4, -0.2) is 32.7 Å². The van der Waals surface area contributed by atoms with E-state index in [0.29, 0.717) is 12.4 Å². The van der Waals surface area contributed by atoms with Crippen LogP contribution >= 0.6 is 0 Å². The fourth-order valence-corrected chi connectivity index (χ4v) is 5.25. The molecule has 7 rings (SSSR count). The summed E-state index contributed by atoms with van der Waals surface area (Å²) in [6, 6.07) is 30.8. The maximum absolute atomic E-state index is 5.10. The average Bonchev–Trinajstić information content (AvgIpc) is 3.05. The quantitative estimate of drug-likeness (QED) is 0.239. The molecule has 2 aliphatic rings. The molecule has 0 amide bonds. The van der Waals surface area contributed by atoms with Gasteiger partial charge in [-0.1, -0.05) is 103 Å². The maximum atomic E-state index is 5.10. The van der Waals surface area contributed by atoms with Crippen LogP contribution in [0.1, 0.15) is 36.0 Å². The molecular formula is C35H27N5. The lowest BCUT2D eigenvalue weighted by Crippen LogP contribution is -2.12. The van der Waals surface area contributed by atoms with Gasteiger partial charge in [0.25, 0.3) is 0 Å². The number of benzene rings is 3. The molecule has 0 spiro atoms. The molecule has 1 unspecified atom stereocenters. The molecule has 5 heteroatoms. The maximum Gasteiger partial charge on any atom is 0.160 e. The third-order valence-electron chi connectivity index (χ3n) is 7.31. The van der Waals surface area contributed by atoms with Gasteiger partial charge in [-0.05, 0) is 30.5 Å². The van der Waals surface area contributed by atoms with E-state index in [-0.39, 0.29) is 5.92 Å². The van der Waals surface area contributed by atoms with E-state index >= 15 is 0 Å². The number of allylic oxidation sites excluding steroid dienone is 5. The summed E-state index contributed by atoms with van der Waals surface area (Å²) in [5, 5.41) is 1.05. The van der Waals surface area contributed by atoms with Crippen LogP contribution in [0.3, 0.4) is 0 Å². The minimum atomic E-state index is -0.0671. The van der Waals surface area contributed by atoms with Crippen molar-refractivity contribution in [2.75, 3.05) is 6.54 Å². The number of aliphatic imine (C=N–C) groups is 1. The summed E-state index contributed by atoms with van der Waals surface area (Å²) in [4.78, 5) is 24.8. The van der Waals surface area contributed by atoms with Gasteiger partial charge in [0.05, 0.1) is 35.1 Å². The Balaban J connectivity index is 1.33. The van der Waals surface area contributed by atoms with Gasteiger partial charge in [0.2, 0.25) is 0 Å². The van der Waals surface area contributed by atoms with E-state index in [0.717, 1.165) is 63.4 Å². The zero-order chi connectivity index (χ0) is 26.7. The molecule has 5 aromatic rings. The lowest BCUT2D eigenvalue weighted by Gasteiger charge is -2.18. The van der Waals surface area contributed by atoms with Crippen LogP contribution in [0.5, 0.6) is 0 Å². The number of fused-ring (bicyclic) bond motifs is 1. The summed E-state index contributed by atoms with van der Waals surface area (Å²) in [6.45, 7) is 0.593. The van der Waals surface area contributed by atoms with Crippen molar-refractivity contribution in [1.29, 1.82) is 0 Å². The fourth-order valence-electron chi connectivity index (χ4n) is 5.25. The summed E-state index contributed by atoms with van der Waals surface area (Å²) in [5.74, 6) is 1.42. The van der Waals surface area contributed by atoms with Gasteiger partial charge in [0.15, 0.2) is 5.82 Å². The number of hydrogen-bond acceptors (Lipinski definition) is 5. The molecule has 0 N–H and O–H groups in total. The Bertz CT molecular complexity index is 1820. The van der Waals surface area contributed by atoms with E-state index in [1.165, 1.54) is 5.57 Å². The summed E-state index contributed by atoms with van der Waals surface area (Å²) in [5.41, 5.74) is 7.94. The molecule has 1 aliphatic heterocycles. The van der Waals surface area contributed by atoms with Crippen LogP contribution in [0, 0.1) is 0 Å². The highest BCUT2D eigenvalue weighted by Crippen LogP contribution is 2.32. The van der Waals surface area contributed by atoms with Crippen molar-refractivity contribution >= 4 is 28.3 Å². The first kappa shape index (κ1) is 24.0. The smallest absolute Gasteiger partial charge is 0.160 e. The van der Waals surface area contributed by atoms with Crippen LogP contribution in [0.2, 0.25) is 0 Å². The van der Waals surface area contributed by atoms with Crippen molar-refractivity contribution in [3.8, 4) is 22.6 Å². The monoisotopic (exact) mass is 517 g/mol. The Morgan fingerprint density at radius 1 is 0.700 bits per heavy atom. The second-order valence-corrected chi connectivity index (χ2v) is 10.0. The largest absolute Gasteiger partial charge is 0.291 e. The van der Waals surface area contributed by atoms with Crippen LogP contribution < -0.4 is 0 Å². The predicted octanol–water partition coefficient (Wildman–Crippen LogP) is 7.74. The predicted molar refractivity (Wildman–Crippen MR) is 163 cm³/mol. The highest BCUT2D eigenvalue weighted by Gasteiger charge is 2.21. The zero-order valence-corrected chi connectivity index (χ0v) is 22.0. The number of hydrogen-bond donors (Lipinski definition) is 0. The highest BCUT2D eigenvalue weighted by molar-refractivity contribution is 6.10. The number of aromatic nitrogens is 4. The molecule has 0 saturated carbocycles. The van der Waals surface area contributed by atoms with Crippen molar-refractivity contribution in [3.63, 3.8) is 0 Å². The lowest BCUT2D eigenvalue weighted by molar-refractivity contribution is 0.781. The van der Waals surface area contributed by atoms with Crippen LogP contribution in [0.4, 0.5) is 0 Å². The number of dihydropyridines is 1. The minimum Gasteiger partial charge on any atom is -0.291 e. The standard InChI is InChI=1S/C35H27N5/c1-4-12-24(13-5-1)31-21-32(39-34(38-31)26-16-8-3-9-17-26)27-20-28(23-36-22-27)35-37-30-19-11-10-18-29(30)33(40-35)25-14-6-2-7-15-25/h1-4,6-12,14-22,28H,5,13,23H2. The van der Waals surface area contributed by atoms with Gasteiger partial charge < -0.3 is 0 Å². The molecule has 192 valence electrons. The number of rotatable bonds is 5. The summed E-state index contributed by atoms with van der Waals surface area (Å²) < 4.78 is 0. The summed E-state index contributed by atoms with van der Waals surface area (Å²) in [6.07, 6.45) is 12.6. The van der Waals surface area contributed by atoms with Crippen molar-refractivity contribution in [2.45, 2.75) is 18.8 Å². The summed E-state index contributed by atoms with van der Waals surface area (Å²) in [7, 11) is 0. The molecule has 2 aromatic heterocycles. The van der Waals surface area contributed by atoms with E-state index in [1.54, 1.807) is 0 Å². The first-order valence-electron chi connectivity index (χ1n) is 13.7. The Labute approximate surface area is 233 Å². The number of nitrogens with zero attached hydrogens (tertiary/aromatic N) is 5. The fraction of sp³-hybridized carbons (Fsp3) is 0.114. The molecule has 3 heterocycles. The van der Waals surface area contributed by atoms with E-state index in [9.17, 15) is 0 Å². The molecule has 0 fully saturated rings. The molecule has 0 bridgehead atoms. The normalized spacial score (nSPS) is 16.6. The molecule has 5 nitrogen and oxygen atoms in total. The Morgan fingerprint density at radius 2 is 1.45 bits per heavy atom. The van der Waals surface area contributed by atoms with Gasteiger partial charge in [0.1, 0.15) is 5.82 Å². The molecular weight excluding hydrogens is 490 g/mol. The number of para-hydroxylation sites is 1. The SMILES string of the molecule is C1=CCCC(c2cc(C3=CC(c4nc(-c5ccccc5)c5ccccc5n4)CN=C3)nc(-c3ccccc3)n2)=C1. The average molecular weight is 518 g/mol. The molecule has 1 aliphatic carbocycles. The Kier molecular flexibility index (Phi) is 6.38. The van der Waals surface area contributed by atoms with Gasteiger partial charge in [0, 0.05) is 28.3 Å². The second-order valence-electron chi connectivity index (χ2n) is 10.0. The topological polar surface area (TPSA) is 63.9 Å². The van der Waals surface area contributed by atoms with Crippen LogP contribution in [0.15, 0.2) is 120 Å². The van der Waals surface area contributed by atoms with Gasteiger partial charge in [-0.2, -0.15) is 0 Å². The highest BCUT2D eigenvalue weighted by atomic mass is 14.9. The molecule has 1 atom stereocenters. The van der Waals surface area contributed by atoms with Crippen molar-refractivity contribution < 1.29 is 0 Å². The molecule has 0 radical (unpaired) electrons. The summed E-state index contributed by atoms with van der Waals surface area (Å²) >= 11 is 0. The van der Waals surface area contributed by atoms with Crippen molar-refractivity contribution in [3.05, 3.63) is 133 Å². The van der Waals surface area contributed by atoms with E-state index in [1.807, 2.05) is 54.7 Å². The zero-order valence-electron chi connectivity index (χ0n) is 22.0. The first-order chi connectivity index (χ1) is 19.8. The lowest BCUT2D eigenvalue weighted by atomic mass is 9.97. The molecule has 0 saturated heterocycles. The molecule has 40 heavy (non-hydrogen) atoms. The van der Waals surface area contributed by atoms with E-state index in [4.69, 9.17) is 24.9 Å². The van der Waals surface area contributed by atoms with Gasteiger partial charge in [-0.3, -0.25) is 4.99 Å². The Morgan fingerprint density at radius 3 is 2.25 bits per heavy atom.